The maximum atomic E-state index is 11.6. The Morgan fingerprint density at radius 3 is 2.39 bits per heavy atom. The van der Waals surface area contributed by atoms with Gasteiger partial charge in [0.2, 0.25) is 0 Å². The molecule has 0 aliphatic rings. The van der Waals surface area contributed by atoms with E-state index >= 15 is 0 Å². The molecule has 0 saturated heterocycles. The monoisotopic (exact) mass is 253 g/mol. The smallest absolute Gasteiger partial charge is 0.337 e. The third kappa shape index (κ3) is 3.35. The average Bonchev–Trinajstić information content (AvgIpc) is 2.59. The standard InChI is InChI=1S/C13H19NO4/c1-8(2)12-10(13(16)17)5-6-14(12)7-11(15)18-9(3)4/h5-6,8-9H,7H2,1-4H3,(H,16,17). The average molecular weight is 253 g/mol. The van der Waals surface area contributed by atoms with E-state index in [4.69, 9.17) is 9.84 Å². The zero-order valence-electron chi connectivity index (χ0n) is 11.1. The minimum atomic E-state index is -0.977. The molecule has 0 fully saturated rings. The third-order valence-electron chi connectivity index (χ3n) is 2.45. The largest absolute Gasteiger partial charge is 0.478 e. The molecule has 0 radical (unpaired) electrons. The van der Waals surface area contributed by atoms with E-state index in [1.807, 2.05) is 13.8 Å². The van der Waals surface area contributed by atoms with Gasteiger partial charge in [-0.15, -0.1) is 0 Å². The third-order valence-corrected chi connectivity index (χ3v) is 2.45. The van der Waals surface area contributed by atoms with Gasteiger partial charge < -0.3 is 14.4 Å². The molecule has 1 N–H and O–H groups in total. The van der Waals surface area contributed by atoms with Crippen molar-refractivity contribution in [1.29, 1.82) is 0 Å². The van der Waals surface area contributed by atoms with Gasteiger partial charge in [-0.05, 0) is 25.8 Å². The highest BCUT2D eigenvalue weighted by molar-refractivity contribution is 5.89. The van der Waals surface area contributed by atoms with Crippen molar-refractivity contribution < 1.29 is 19.4 Å². The number of carboxylic acids is 1. The molecule has 0 bridgehead atoms. The van der Waals surface area contributed by atoms with Crippen molar-refractivity contribution in [2.45, 2.75) is 46.3 Å². The number of ether oxygens (including phenoxy) is 1. The summed E-state index contributed by atoms with van der Waals surface area (Å²) in [5.41, 5.74) is 0.880. The van der Waals surface area contributed by atoms with Crippen LogP contribution in [-0.2, 0) is 16.1 Å². The van der Waals surface area contributed by atoms with Crippen LogP contribution in [0.15, 0.2) is 12.3 Å². The second-order valence-corrected chi connectivity index (χ2v) is 4.74. The number of hydrogen-bond acceptors (Lipinski definition) is 3. The van der Waals surface area contributed by atoms with E-state index in [2.05, 4.69) is 0 Å². The van der Waals surface area contributed by atoms with Crippen LogP contribution in [0.1, 0.15) is 49.7 Å². The minimum absolute atomic E-state index is 0.0259. The van der Waals surface area contributed by atoms with E-state index in [1.165, 1.54) is 6.07 Å². The Kier molecular flexibility index (Phi) is 4.53. The van der Waals surface area contributed by atoms with E-state index < -0.39 is 5.97 Å². The molecule has 18 heavy (non-hydrogen) atoms. The highest BCUT2D eigenvalue weighted by Crippen LogP contribution is 2.21. The van der Waals surface area contributed by atoms with Crippen molar-refractivity contribution in [1.82, 2.24) is 4.57 Å². The van der Waals surface area contributed by atoms with Gasteiger partial charge in [-0.25, -0.2) is 4.79 Å². The van der Waals surface area contributed by atoms with Crippen LogP contribution < -0.4 is 0 Å². The first kappa shape index (κ1) is 14.3. The number of esters is 1. The fourth-order valence-electron chi connectivity index (χ4n) is 1.89. The molecule has 0 aromatic carbocycles. The van der Waals surface area contributed by atoms with E-state index in [0.29, 0.717) is 5.69 Å². The number of carbonyl (C=O) groups is 2. The highest BCUT2D eigenvalue weighted by atomic mass is 16.5. The fraction of sp³-hybridized carbons (Fsp3) is 0.538. The summed E-state index contributed by atoms with van der Waals surface area (Å²) in [4.78, 5) is 22.7. The van der Waals surface area contributed by atoms with Crippen LogP contribution in [0, 0.1) is 0 Å². The molecule has 0 aliphatic heterocycles. The zero-order chi connectivity index (χ0) is 13.9. The Morgan fingerprint density at radius 1 is 1.33 bits per heavy atom. The Bertz CT molecular complexity index is 446. The molecule has 5 heteroatoms. The molecule has 100 valence electrons. The van der Waals surface area contributed by atoms with Gasteiger partial charge in [0.15, 0.2) is 0 Å². The van der Waals surface area contributed by atoms with Crippen molar-refractivity contribution in [3.63, 3.8) is 0 Å². The summed E-state index contributed by atoms with van der Waals surface area (Å²) in [6, 6.07) is 1.51. The number of carboxylic acid groups (broad SMARTS) is 1. The van der Waals surface area contributed by atoms with Crippen molar-refractivity contribution in [2.24, 2.45) is 0 Å². The van der Waals surface area contributed by atoms with Gasteiger partial charge >= 0.3 is 11.9 Å². The van der Waals surface area contributed by atoms with E-state index in [-0.39, 0.29) is 30.1 Å². The molecule has 1 heterocycles. The summed E-state index contributed by atoms with van der Waals surface area (Å²) < 4.78 is 6.69. The predicted octanol–water partition coefficient (Wildman–Crippen LogP) is 2.26. The lowest BCUT2D eigenvalue weighted by atomic mass is 10.1. The highest BCUT2D eigenvalue weighted by Gasteiger charge is 2.19. The predicted molar refractivity (Wildman–Crippen MR) is 66.7 cm³/mol. The van der Waals surface area contributed by atoms with Crippen LogP contribution in [-0.4, -0.2) is 27.7 Å². The van der Waals surface area contributed by atoms with E-state index in [1.54, 1.807) is 24.6 Å². The summed E-state index contributed by atoms with van der Waals surface area (Å²) >= 11 is 0. The lowest BCUT2D eigenvalue weighted by Crippen LogP contribution is -2.19. The van der Waals surface area contributed by atoms with E-state index in [9.17, 15) is 9.59 Å². The minimum Gasteiger partial charge on any atom is -0.478 e. The molecule has 0 unspecified atom stereocenters. The summed E-state index contributed by atoms with van der Waals surface area (Å²) in [6.07, 6.45) is 1.44. The lowest BCUT2D eigenvalue weighted by Gasteiger charge is -2.14. The Hall–Kier alpha value is -1.78. The number of nitrogens with zero attached hydrogens (tertiary/aromatic N) is 1. The molecule has 0 amide bonds. The molecular weight excluding hydrogens is 234 g/mol. The van der Waals surface area contributed by atoms with Crippen molar-refractivity contribution >= 4 is 11.9 Å². The molecular formula is C13H19NO4. The quantitative estimate of drug-likeness (QED) is 0.817. The van der Waals surface area contributed by atoms with Crippen LogP contribution in [0.5, 0.6) is 0 Å². The number of rotatable bonds is 5. The summed E-state index contributed by atoms with van der Waals surface area (Å²) in [7, 11) is 0. The normalized spacial score (nSPS) is 11.0. The van der Waals surface area contributed by atoms with Gasteiger partial charge in [-0.2, -0.15) is 0 Å². The fourth-order valence-corrected chi connectivity index (χ4v) is 1.89. The maximum Gasteiger partial charge on any atom is 0.337 e. The first-order valence-electron chi connectivity index (χ1n) is 5.94. The van der Waals surface area contributed by atoms with Crippen molar-refractivity contribution in [3.05, 3.63) is 23.5 Å². The molecule has 1 aromatic rings. The number of aromatic nitrogens is 1. The van der Waals surface area contributed by atoms with Gasteiger partial charge in [-0.1, -0.05) is 13.8 Å². The zero-order valence-corrected chi connectivity index (χ0v) is 11.1. The van der Waals surface area contributed by atoms with Gasteiger partial charge in [0.05, 0.1) is 11.7 Å². The summed E-state index contributed by atoms with van der Waals surface area (Å²) in [6.45, 7) is 7.39. The topological polar surface area (TPSA) is 68.5 Å². The number of hydrogen-bond donors (Lipinski definition) is 1. The molecule has 5 nitrogen and oxygen atoms in total. The molecule has 0 atom stereocenters. The Balaban J connectivity index is 2.96. The Morgan fingerprint density at radius 2 is 1.94 bits per heavy atom. The first-order chi connectivity index (χ1) is 8.32. The van der Waals surface area contributed by atoms with Crippen LogP contribution in [0.3, 0.4) is 0 Å². The Labute approximate surface area is 106 Å². The second kappa shape index (κ2) is 5.71. The van der Waals surface area contributed by atoms with E-state index in [0.717, 1.165) is 0 Å². The second-order valence-electron chi connectivity index (χ2n) is 4.74. The van der Waals surface area contributed by atoms with Crippen LogP contribution in [0.25, 0.3) is 0 Å². The molecule has 0 aliphatic carbocycles. The van der Waals surface area contributed by atoms with Crippen molar-refractivity contribution in [2.75, 3.05) is 0 Å². The molecule has 0 spiro atoms. The summed E-state index contributed by atoms with van der Waals surface area (Å²) in [5, 5.41) is 9.08. The number of carbonyl (C=O) groups excluding carboxylic acids is 1. The number of aromatic carboxylic acids is 1. The first-order valence-corrected chi connectivity index (χ1v) is 5.94. The van der Waals surface area contributed by atoms with Gasteiger partial charge in [0, 0.05) is 11.9 Å². The van der Waals surface area contributed by atoms with Crippen molar-refractivity contribution in [3.8, 4) is 0 Å². The lowest BCUT2D eigenvalue weighted by molar-refractivity contribution is -0.148. The molecule has 1 aromatic heterocycles. The van der Waals surface area contributed by atoms with Gasteiger partial charge in [0.25, 0.3) is 0 Å². The molecule has 1 rings (SSSR count). The van der Waals surface area contributed by atoms with Gasteiger partial charge in [-0.3, -0.25) is 4.79 Å². The van der Waals surface area contributed by atoms with Gasteiger partial charge in [0.1, 0.15) is 6.54 Å². The summed E-state index contributed by atoms with van der Waals surface area (Å²) in [5.74, 6) is -1.31. The van der Waals surface area contributed by atoms with Crippen LogP contribution in [0.2, 0.25) is 0 Å². The van der Waals surface area contributed by atoms with Crippen LogP contribution in [0.4, 0.5) is 0 Å². The molecule has 0 saturated carbocycles. The maximum absolute atomic E-state index is 11.6. The SMILES string of the molecule is CC(C)OC(=O)Cn1ccc(C(=O)O)c1C(C)C. The van der Waals surface area contributed by atoms with Crippen LogP contribution >= 0.6 is 0 Å².